The lowest BCUT2D eigenvalue weighted by atomic mass is 10.0. The summed E-state index contributed by atoms with van der Waals surface area (Å²) in [6.07, 6.45) is -3.70. The predicted molar refractivity (Wildman–Crippen MR) is 64.2 cm³/mol. The molecule has 1 aromatic heterocycles. The van der Waals surface area contributed by atoms with E-state index in [0.29, 0.717) is 5.56 Å². The van der Waals surface area contributed by atoms with Crippen molar-refractivity contribution >= 4 is 0 Å². The van der Waals surface area contributed by atoms with E-state index in [0.717, 1.165) is 12.0 Å². The van der Waals surface area contributed by atoms with E-state index in [1.165, 1.54) is 0 Å². The van der Waals surface area contributed by atoms with Gasteiger partial charge in [0.15, 0.2) is 11.5 Å². The topological polar surface area (TPSA) is 52.0 Å². The molecule has 0 spiro atoms. The molecule has 0 amide bonds. The third kappa shape index (κ3) is 2.63. The van der Waals surface area contributed by atoms with E-state index in [9.17, 15) is 13.2 Å². The molecular weight excluding hydrogens is 257 g/mol. The van der Waals surface area contributed by atoms with Crippen LogP contribution in [0.1, 0.15) is 23.7 Å². The Morgan fingerprint density at radius 1 is 1.21 bits per heavy atom. The van der Waals surface area contributed by atoms with Crippen molar-refractivity contribution in [2.45, 2.75) is 26.1 Å². The first kappa shape index (κ1) is 13.6. The molecule has 0 atom stereocenters. The second-order valence-corrected chi connectivity index (χ2v) is 4.09. The Bertz CT molecular complexity index is 558. The molecule has 19 heavy (non-hydrogen) atoms. The molecule has 0 unspecified atom stereocenters. The van der Waals surface area contributed by atoms with E-state index in [1.54, 1.807) is 12.1 Å². The van der Waals surface area contributed by atoms with Crippen LogP contribution in [-0.4, -0.2) is 5.16 Å². The molecule has 2 aromatic rings. The third-order valence-electron chi connectivity index (χ3n) is 2.89. The number of nitrogens with zero attached hydrogens (tertiary/aromatic N) is 1. The van der Waals surface area contributed by atoms with Crippen molar-refractivity contribution in [2.24, 2.45) is 5.73 Å². The van der Waals surface area contributed by atoms with Gasteiger partial charge in [0.1, 0.15) is 0 Å². The largest absolute Gasteiger partial charge is 0.437 e. The van der Waals surface area contributed by atoms with Gasteiger partial charge in [0.25, 0.3) is 0 Å². The molecule has 1 heterocycles. The summed E-state index contributed by atoms with van der Waals surface area (Å²) in [4.78, 5) is 0. The molecule has 0 radical (unpaired) electrons. The van der Waals surface area contributed by atoms with Crippen LogP contribution in [0.15, 0.2) is 28.8 Å². The minimum atomic E-state index is -4.56. The molecule has 6 heteroatoms. The Morgan fingerprint density at radius 2 is 1.84 bits per heavy atom. The maximum Gasteiger partial charge on any atom is 0.437 e. The highest BCUT2D eigenvalue weighted by Gasteiger charge is 2.39. The Morgan fingerprint density at radius 3 is 2.32 bits per heavy atom. The average Bonchev–Trinajstić information content (AvgIpc) is 2.82. The van der Waals surface area contributed by atoms with Crippen molar-refractivity contribution in [2.75, 3.05) is 0 Å². The molecule has 102 valence electrons. The number of hydrogen-bond acceptors (Lipinski definition) is 3. The number of aromatic nitrogens is 1. The molecule has 0 fully saturated rings. The highest BCUT2D eigenvalue weighted by Crippen LogP contribution is 2.36. The van der Waals surface area contributed by atoms with Gasteiger partial charge in [-0.25, -0.2) is 0 Å². The summed E-state index contributed by atoms with van der Waals surface area (Å²) >= 11 is 0. The van der Waals surface area contributed by atoms with E-state index in [4.69, 9.17) is 10.3 Å². The summed E-state index contributed by atoms with van der Waals surface area (Å²) in [5.74, 6) is 0.0810. The van der Waals surface area contributed by atoms with Gasteiger partial charge in [0, 0.05) is 17.7 Å². The number of nitrogens with two attached hydrogens (primary N) is 1. The minimum Gasteiger partial charge on any atom is -0.355 e. The van der Waals surface area contributed by atoms with Crippen LogP contribution in [0.2, 0.25) is 0 Å². The zero-order valence-electron chi connectivity index (χ0n) is 10.3. The Labute approximate surface area is 108 Å². The molecule has 0 aliphatic rings. The molecule has 0 aliphatic heterocycles. The fraction of sp³-hybridized carbons (Fsp3) is 0.308. The Kier molecular flexibility index (Phi) is 3.61. The molecule has 0 saturated carbocycles. The van der Waals surface area contributed by atoms with Gasteiger partial charge in [-0.15, -0.1) is 0 Å². The van der Waals surface area contributed by atoms with Gasteiger partial charge in [-0.1, -0.05) is 36.3 Å². The molecule has 2 rings (SSSR count). The van der Waals surface area contributed by atoms with Gasteiger partial charge in [-0.05, 0) is 12.0 Å². The Hall–Kier alpha value is -1.82. The molecule has 2 N–H and O–H groups in total. The van der Waals surface area contributed by atoms with E-state index in [2.05, 4.69) is 5.16 Å². The summed E-state index contributed by atoms with van der Waals surface area (Å²) in [5.41, 5.74) is 5.85. The second-order valence-electron chi connectivity index (χ2n) is 4.09. The van der Waals surface area contributed by atoms with E-state index in [1.807, 2.05) is 19.1 Å². The smallest absolute Gasteiger partial charge is 0.355 e. The number of alkyl halides is 3. The lowest BCUT2D eigenvalue weighted by Crippen LogP contribution is -2.11. The van der Waals surface area contributed by atoms with Crippen LogP contribution in [0.25, 0.3) is 11.3 Å². The van der Waals surface area contributed by atoms with Crippen LogP contribution in [0.5, 0.6) is 0 Å². The highest BCUT2D eigenvalue weighted by molar-refractivity contribution is 5.62. The van der Waals surface area contributed by atoms with Gasteiger partial charge < -0.3 is 10.3 Å². The van der Waals surface area contributed by atoms with Gasteiger partial charge >= 0.3 is 6.18 Å². The van der Waals surface area contributed by atoms with Crippen LogP contribution in [0.4, 0.5) is 13.2 Å². The third-order valence-corrected chi connectivity index (χ3v) is 2.89. The molecule has 0 bridgehead atoms. The van der Waals surface area contributed by atoms with Gasteiger partial charge in [-0.3, -0.25) is 0 Å². The molecule has 0 aliphatic carbocycles. The number of hydrogen-bond donors (Lipinski definition) is 1. The number of benzene rings is 1. The van der Waals surface area contributed by atoms with Crippen molar-refractivity contribution in [3.63, 3.8) is 0 Å². The maximum atomic E-state index is 12.7. The van der Waals surface area contributed by atoms with Crippen LogP contribution < -0.4 is 5.73 Å². The van der Waals surface area contributed by atoms with Crippen LogP contribution >= 0.6 is 0 Å². The first-order valence-electron chi connectivity index (χ1n) is 5.82. The standard InChI is InChI=1S/C13H13F3N2O/c1-2-8-3-5-9(6-4-8)11-10(7-17)12(18-19-11)13(14,15)16/h3-6H,2,7,17H2,1H3. The van der Waals surface area contributed by atoms with Crippen LogP contribution in [0.3, 0.4) is 0 Å². The number of aryl methyl sites for hydroxylation is 1. The first-order valence-corrected chi connectivity index (χ1v) is 5.82. The van der Waals surface area contributed by atoms with Crippen molar-refractivity contribution in [1.29, 1.82) is 0 Å². The Balaban J connectivity index is 2.47. The monoisotopic (exact) mass is 270 g/mol. The van der Waals surface area contributed by atoms with Crippen molar-refractivity contribution in [3.05, 3.63) is 41.1 Å². The fourth-order valence-electron chi connectivity index (χ4n) is 1.84. The number of halogens is 3. The zero-order chi connectivity index (χ0) is 14.0. The van der Waals surface area contributed by atoms with Crippen molar-refractivity contribution in [1.82, 2.24) is 5.16 Å². The SMILES string of the molecule is CCc1ccc(-c2onc(C(F)(F)F)c2CN)cc1. The normalized spacial score (nSPS) is 11.8. The lowest BCUT2D eigenvalue weighted by molar-refractivity contribution is -0.143. The van der Waals surface area contributed by atoms with Gasteiger partial charge in [0.05, 0.1) is 0 Å². The number of rotatable bonds is 3. The predicted octanol–water partition coefficient (Wildman–Crippen LogP) is 3.38. The van der Waals surface area contributed by atoms with Crippen LogP contribution in [-0.2, 0) is 19.1 Å². The zero-order valence-corrected chi connectivity index (χ0v) is 10.3. The molecular formula is C13H13F3N2O. The first-order chi connectivity index (χ1) is 8.97. The summed E-state index contributed by atoms with van der Waals surface area (Å²) in [6, 6.07) is 7.09. The fourth-order valence-corrected chi connectivity index (χ4v) is 1.84. The van der Waals surface area contributed by atoms with Gasteiger partial charge in [0.2, 0.25) is 0 Å². The molecule has 1 aromatic carbocycles. The second kappa shape index (κ2) is 5.05. The summed E-state index contributed by atoms with van der Waals surface area (Å²) < 4.78 is 42.9. The van der Waals surface area contributed by atoms with Crippen molar-refractivity contribution < 1.29 is 17.7 Å². The molecule has 0 saturated heterocycles. The minimum absolute atomic E-state index is 0.0810. The maximum absolute atomic E-state index is 12.7. The summed E-state index contributed by atoms with van der Waals surface area (Å²) in [5, 5.41) is 3.10. The quantitative estimate of drug-likeness (QED) is 0.930. The summed E-state index contributed by atoms with van der Waals surface area (Å²) in [7, 11) is 0. The van der Waals surface area contributed by atoms with Crippen molar-refractivity contribution in [3.8, 4) is 11.3 Å². The summed E-state index contributed by atoms with van der Waals surface area (Å²) in [6.45, 7) is 1.72. The highest BCUT2D eigenvalue weighted by atomic mass is 19.4. The average molecular weight is 270 g/mol. The van der Waals surface area contributed by atoms with Gasteiger partial charge in [-0.2, -0.15) is 13.2 Å². The lowest BCUT2D eigenvalue weighted by Gasteiger charge is -2.05. The van der Waals surface area contributed by atoms with E-state index < -0.39 is 11.9 Å². The molecule has 3 nitrogen and oxygen atoms in total. The van der Waals surface area contributed by atoms with E-state index in [-0.39, 0.29) is 17.9 Å². The van der Waals surface area contributed by atoms with Crippen LogP contribution in [0, 0.1) is 0 Å². The van der Waals surface area contributed by atoms with E-state index >= 15 is 0 Å².